The lowest BCUT2D eigenvalue weighted by molar-refractivity contribution is 0.401. The largest absolute Gasteiger partial charge is 0.495 e. The van der Waals surface area contributed by atoms with Gasteiger partial charge in [-0.2, -0.15) is 4.98 Å². The number of imidazole rings is 1. The van der Waals surface area contributed by atoms with E-state index in [4.69, 9.17) is 33.3 Å². The van der Waals surface area contributed by atoms with Crippen LogP contribution in [0.5, 0.6) is 11.6 Å². The Kier molecular flexibility index (Phi) is 3.52. The zero-order valence-electron chi connectivity index (χ0n) is 11.3. The Hall–Kier alpha value is -2.12. The predicted octanol–water partition coefficient (Wildman–Crippen LogP) is 3.15. The number of ether oxygens (including phenoxy) is 2. The molecule has 0 saturated heterocycles. The second-order valence-electron chi connectivity index (χ2n) is 4.16. The molecule has 0 aliphatic rings. The Morgan fingerprint density at radius 1 is 1.24 bits per heavy atom. The molecule has 3 aromatic rings. The molecule has 1 aromatic carbocycles. The maximum atomic E-state index is 6.08. The van der Waals surface area contributed by atoms with Crippen LogP contribution >= 0.6 is 23.8 Å². The van der Waals surface area contributed by atoms with Crippen LogP contribution < -0.4 is 9.47 Å². The quantitative estimate of drug-likeness (QED) is 0.750. The van der Waals surface area contributed by atoms with Crippen LogP contribution in [0.15, 0.2) is 24.5 Å². The predicted molar refractivity (Wildman–Crippen MR) is 82.2 cm³/mol. The summed E-state index contributed by atoms with van der Waals surface area (Å²) in [6, 6.07) is 5.28. The van der Waals surface area contributed by atoms with Crippen LogP contribution in [0.1, 0.15) is 0 Å². The minimum atomic E-state index is 0.422. The molecule has 2 heterocycles. The molecule has 108 valence electrons. The number of aromatic nitrogens is 4. The average molecular weight is 323 g/mol. The molecule has 6 nitrogen and oxygen atoms in total. The summed E-state index contributed by atoms with van der Waals surface area (Å²) in [5.41, 5.74) is 1.90. The first-order valence-corrected chi connectivity index (χ1v) is 6.78. The van der Waals surface area contributed by atoms with Gasteiger partial charge in [0.2, 0.25) is 5.88 Å². The van der Waals surface area contributed by atoms with Crippen molar-refractivity contribution >= 4 is 35.0 Å². The summed E-state index contributed by atoms with van der Waals surface area (Å²) in [6.07, 6.45) is 1.41. The van der Waals surface area contributed by atoms with Gasteiger partial charge in [0.1, 0.15) is 17.6 Å². The van der Waals surface area contributed by atoms with Crippen molar-refractivity contribution in [1.82, 2.24) is 19.5 Å². The monoisotopic (exact) mass is 322 g/mol. The molecule has 0 spiro atoms. The Morgan fingerprint density at radius 3 is 2.76 bits per heavy atom. The molecule has 0 aliphatic heterocycles. The maximum absolute atomic E-state index is 6.08. The first-order chi connectivity index (χ1) is 10.2. The standard InChI is InChI=1S/C13H11ClN4O2S/c1-19-9-4-3-7(14)5-8(9)18-11-10(17-13(18)21)12(20-2)16-6-15-11/h3-6H,1-2H3,(H,17,21). The molecule has 0 aliphatic carbocycles. The summed E-state index contributed by atoms with van der Waals surface area (Å²) < 4.78 is 12.8. The van der Waals surface area contributed by atoms with E-state index in [-0.39, 0.29) is 0 Å². The highest BCUT2D eigenvalue weighted by atomic mass is 35.5. The fourth-order valence-corrected chi connectivity index (χ4v) is 2.57. The van der Waals surface area contributed by atoms with Crippen LogP contribution in [-0.4, -0.2) is 33.7 Å². The van der Waals surface area contributed by atoms with Crippen molar-refractivity contribution < 1.29 is 9.47 Å². The Bertz CT molecular complexity index is 874. The molecule has 0 bridgehead atoms. The van der Waals surface area contributed by atoms with Gasteiger partial charge < -0.3 is 14.5 Å². The van der Waals surface area contributed by atoms with Crippen molar-refractivity contribution in [3.8, 4) is 17.3 Å². The Morgan fingerprint density at radius 2 is 2.05 bits per heavy atom. The molecule has 0 unspecified atom stereocenters. The van der Waals surface area contributed by atoms with Crippen LogP contribution in [0.25, 0.3) is 16.9 Å². The SMILES string of the molecule is COc1ccc(Cl)cc1-n1c(=S)[nH]c2c(OC)ncnc21. The maximum Gasteiger partial charge on any atom is 0.242 e. The first-order valence-electron chi connectivity index (χ1n) is 5.99. The number of fused-ring (bicyclic) bond motifs is 1. The molecule has 2 aromatic heterocycles. The lowest BCUT2D eigenvalue weighted by Crippen LogP contribution is -2.00. The number of benzene rings is 1. The number of hydrogen-bond acceptors (Lipinski definition) is 5. The summed E-state index contributed by atoms with van der Waals surface area (Å²) >= 11 is 11.5. The van der Waals surface area contributed by atoms with E-state index in [1.165, 1.54) is 13.4 Å². The van der Waals surface area contributed by atoms with E-state index in [1.54, 1.807) is 29.9 Å². The van der Waals surface area contributed by atoms with E-state index in [9.17, 15) is 0 Å². The summed E-state index contributed by atoms with van der Waals surface area (Å²) in [4.78, 5) is 11.4. The number of nitrogens with one attached hydrogen (secondary N) is 1. The van der Waals surface area contributed by atoms with Crippen molar-refractivity contribution in [2.24, 2.45) is 0 Å². The number of nitrogens with zero attached hydrogens (tertiary/aromatic N) is 3. The van der Waals surface area contributed by atoms with Gasteiger partial charge in [-0.3, -0.25) is 4.57 Å². The van der Waals surface area contributed by atoms with Crippen LogP contribution in [0, 0.1) is 4.77 Å². The van der Waals surface area contributed by atoms with Gasteiger partial charge in [0.25, 0.3) is 0 Å². The molecule has 0 radical (unpaired) electrons. The summed E-state index contributed by atoms with van der Waals surface area (Å²) in [6.45, 7) is 0. The number of H-pyrrole nitrogens is 1. The molecule has 0 saturated carbocycles. The number of halogens is 1. The smallest absolute Gasteiger partial charge is 0.242 e. The molecule has 3 rings (SSSR count). The minimum absolute atomic E-state index is 0.422. The van der Waals surface area contributed by atoms with E-state index < -0.39 is 0 Å². The second kappa shape index (κ2) is 5.34. The number of rotatable bonds is 3. The lowest BCUT2D eigenvalue weighted by Gasteiger charge is -2.10. The molecule has 1 N–H and O–H groups in total. The number of aromatic amines is 1. The fraction of sp³-hybridized carbons (Fsp3) is 0.154. The van der Waals surface area contributed by atoms with Gasteiger partial charge in [-0.25, -0.2) is 4.98 Å². The molecule has 0 atom stereocenters. The van der Waals surface area contributed by atoms with Gasteiger partial charge >= 0.3 is 0 Å². The zero-order chi connectivity index (χ0) is 15.0. The molecule has 21 heavy (non-hydrogen) atoms. The van der Waals surface area contributed by atoms with Crippen molar-refractivity contribution in [2.75, 3.05) is 14.2 Å². The number of methoxy groups -OCH3 is 2. The van der Waals surface area contributed by atoms with Crippen molar-refractivity contribution in [2.45, 2.75) is 0 Å². The topological polar surface area (TPSA) is 65.0 Å². The van der Waals surface area contributed by atoms with E-state index in [1.807, 2.05) is 0 Å². The van der Waals surface area contributed by atoms with Gasteiger partial charge in [0, 0.05) is 5.02 Å². The molecular formula is C13H11ClN4O2S. The summed E-state index contributed by atoms with van der Waals surface area (Å²) in [7, 11) is 3.12. The van der Waals surface area contributed by atoms with Crippen LogP contribution in [0.3, 0.4) is 0 Å². The highest BCUT2D eigenvalue weighted by Gasteiger charge is 2.16. The second-order valence-corrected chi connectivity index (χ2v) is 4.99. The highest BCUT2D eigenvalue weighted by molar-refractivity contribution is 7.71. The van der Waals surface area contributed by atoms with Crippen LogP contribution in [0.2, 0.25) is 5.02 Å². The zero-order valence-corrected chi connectivity index (χ0v) is 12.8. The third-order valence-corrected chi connectivity index (χ3v) is 3.53. The summed E-state index contributed by atoms with van der Waals surface area (Å²) in [5, 5.41) is 0.572. The van der Waals surface area contributed by atoms with E-state index in [0.717, 1.165) is 0 Å². The van der Waals surface area contributed by atoms with E-state index >= 15 is 0 Å². The van der Waals surface area contributed by atoms with Gasteiger partial charge in [-0.05, 0) is 30.4 Å². The molecule has 8 heteroatoms. The highest BCUT2D eigenvalue weighted by Crippen LogP contribution is 2.30. The third-order valence-electron chi connectivity index (χ3n) is 3.01. The van der Waals surface area contributed by atoms with E-state index in [0.29, 0.717) is 38.3 Å². The van der Waals surface area contributed by atoms with Gasteiger partial charge in [0.05, 0.1) is 19.9 Å². The van der Waals surface area contributed by atoms with Crippen molar-refractivity contribution in [3.63, 3.8) is 0 Å². The van der Waals surface area contributed by atoms with Crippen LogP contribution in [0.4, 0.5) is 0 Å². The Balaban J connectivity index is 2.38. The van der Waals surface area contributed by atoms with Gasteiger partial charge in [-0.1, -0.05) is 11.6 Å². The molecular weight excluding hydrogens is 312 g/mol. The van der Waals surface area contributed by atoms with Gasteiger partial charge in [-0.15, -0.1) is 0 Å². The minimum Gasteiger partial charge on any atom is -0.495 e. The van der Waals surface area contributed by atoms with Crippen molar-refractivity contribution in [1.29, 1.82) is 0 Å². The first kappa shape index (κ1) is 13.8. The van der Waals surface area contributed by atoms with Crippen LogP contribution in [-0.2, 0) is 0 Å². The average Bonchev–Trinajstić information content (AvgIpc) is 2.82. The summed E-state index contributed by atoms with van der Waals surface area (Å²) in [5.74, 6) is 1.06. The normalized spacial score (nSPS) is 10.8. The molecule has 0 fully saturated rings. The fourth-order valence-electron chi connectivity index (χ4n) is 2.11. The molecule has 0 amide bonds. The van der Waals surface area contributed by atoms with E-state index in [2.05, 4.69) is 15.0 Å². The Labute approximate surface area is 130 Å². The number of hydrogen-bond donors (Lipinski definition) is 1. The lowest BCUT2D eigenvalue weighted by atomic mass is 10.3. The third kappa shape index (κ3) is 2.24. The van der Waals surface area contributed by atoms with Gasteiger partial charge in [0.15, 0.2) is 10.4 Å². The van der Waals surface area contributed by atoms with Crippen molar-refractivity contribution in [3.05, 3.63) is 34.3 Å².